The van der Waals surface area contributed by atoms with E-state index in [0.717, 1.165) is 18.8 Å². The average molecular weight is 330 g/mol. The lowest BCUT2D eigenvalue weighted by atomic mass is 9.36. The number of fused-ring (bicyclic) bond motifs is 2. The molecule has 2 spiro atoms. The van der Waals surface area contributed by atoms with Crippen molar-refractivity contribution in [2.45, 2.75) is 71.3 Å². The first-order valence-electron chi connectivity index (χ1n) is 9.85. The topological polar surface area (TPSA) is 35.5 Å². The number of hydrogen-bond donors (Lipinski definition) is 0. The number of methoxy groups -OCH3 is 1. The van der Waals surface area contributed by atoms with E-state index >= 15 is 0 Å². The highest BCUT2D eigenvalue weighted by atomic mass is 16.5. The molecule has 0 saturated heterocycles. The van der Waals surface area contributed by atoms with E-state index in [-0.39, 0.29) is 16.8 Å². The van der Waals surface area contributed by atoms with E-state index in [2.05, 4.69) is 19.9 Å². The minimum Gasteiger partial charge on any atom is -0.497 e. The third-order valence-corrected chi connectivity index (χ3v) is 9.48. The van der Waals surface area contributed by atoms with E-state index in [1.165, 1.54) is 38.5 Å². The Kier molecular flexibility index (Phi) is 2.80. The first-order chi connectivity index (χ1) is 11.4. The summed E-state index contributed by atoms with van der Waals surface area (Å²) in [5.74, 6) is 1.25. The summed E-state index contributed by atoms with van der Waals surface area (Å²) < 4.78 is 11.2. The maximum absolute atomic E-state index is 12.7. The minimum atomic E-state index is -0.287. The zero-order valence-corrected chi connectivity index (χ0v) is 15.3. The first-order valence-corrected chi connectivity index (χ1v) is 9.85. The second-order valence-electron chi connectivity index (χ2n) is 9.78. The number of carbonyl (C=O) groups is 1. The van der Waals surface area contributed by atoms with Crippen molar-refractivity contribution in [3.8, 4) is 0 Å². The van der Waals surface area contributed by atoms with E-state index in [0.29, 0.717) is 22.9 Å². The second-order valence-corrected chi connectivity index (χ2v) is 9.78. The fourth-order valence-corrected chi connectivity index (χ4v) is 8.54. The molecule has 132 valence electrons. The van der Waals surface area contributed by atoms with Crippen LogP contribution in [0, 0.1) is 33.5 Å². The zero-order chi connectivity index (χ0) is 16.8. The standard InChI is InChI=1S/C21H30O3/c1-18-7-4-8-19(2,17(22)23-3)14(18)5-10-21-13-16-20(21,11-12-24-16)9-6-15(18)21/h11-12,14-16H,4-10,13H2,1-3H3/t14-,15-,16-,18+,19+,20-,21+/m1/s1. The number of esters is 1. The zero-order valence-electron chi connectivity index (χ0n) is 15.3. The Labute approximate surface area is 145 Å². The Morgan fingerprint density at radius 1 is 1.12 bits per heavy atom. The van der Waals surface area contributed by atoms with E-state index in [9.17, 15) is 4.79 Å². The predicted octanol–water partition coefficient (Wildman–Crippen LogP) is 4.46. The Morgan fingerprint density at radius 2 is 1.92 bits per heavy atom. The molecule has 4 aliphatic carbocycles. The normalized spacial score (nSPS) is 57.0. The van der Waals surface area contributed by atoms with Gasteiger partial charge in [0.05, 0.1) is 18.8 Å². The van der Waals surface area contributed by atoms with E-state index in [4.69, 9.17) is 9.47 Å². The highest BCUT2D eigenvalue weighted by Gasteiger charge is 2.77. The summed E-state index contributed by atoms with van der Waals surface area (Å²) in [5, 5.41) is 0. The Morgan fingerprint density at radius 3 is 2.67 bits per heavy atom. The fourth-order valence-electron chi connectivity index (χ4n) is 8.54. The van der Waals surface area contributed by atoms with Gasteiger partial charge in [-0.25, -0.2) is 0 Å². The molecule has 3 nitrogen and oxygen atoms in total. The van der Waals surface area contributed by atoms with Gasteiger partial charge in [0.2, 0.25) is 0 Å². The van der Waals surface area contributed by atoms with Gasteiger partial charge in [-0.05, 0) is 80.6 Å². The molecule has 0 radical (unpaired) electrons. The van der Waals surface area contributed by atoms with Crippen LogP contribution in [0.3, 0.4) is 0 Å². The smallest absolute Gasteiger partial charge is 0.311 e. The molecule has 5 rings (SSSR count). The molecule has 0 bridgehead atoms. The molecule has 0 amide bonds. The van der Waals surface area contributed by atoms with Gasteiger partial charge in [0.1, 0.15) is 6.10 Å². The maximum atomic E-state index is 12.7. The lowest BCUT2D eigenvalue weighted by molar-refractivity contribution is -0.223. The van der Waals surface area contributed by atoms with E-state index in [1.807, 2.05) is 6.26 Å². The van der Waals surface area contributed by atoms with E-state index < -0.39 is 0 Å². The van der Waals surface area contributed by atoms with Crippen LogP contribution in [0.15, 0.2) is 12.3 Å². The molecule has 0 aromatic carbocycles. The summed E-state index contributed by atoms with van der Waals surface area (Å²) in [7, 11) is 1.56. The van der Waals surface area contributed by atoms with Crippen molar-refractivity contribution in [2.75, 3.05) is 7.11 Å². The van der Waals surface area contributed by atoms with Crippen LogP contribution >= 0.6 is 0 Å². The van der Waals surface area contributed by atoms with Gasteiger partial charge >= 0.3 is 5.97 Å². The first kappa shape index (κ1) is 15.3. The van der Waals surface area contributed by atoms with Crippen LogP contribution in [0.4, 0.5) is 0 Å². The van der Waals surface area contributed by atoms with Crippen LogP contribution in [0.1, 0.15) is 65.2 Å². The summed E-state index contributed by atoms with van der Waals surface area (Å²) in [6.45, 7) is 4.70. The van der Waals surface area contributed by atoms with Crippen LogP contribution in [0.25, 0.3) is 0 Å². The molecule has 0 N–H and O–H groups in total. The van der Waals surface area contributed by atoms with Crippen molar-refractivity contribution < 1.29 is 14.3 Å². The predicted molar refractivity (Wildman–Crippen MR) is 91.0 cm³/mol. The highest BCUT2D eigenvalue weighted by molar-refractivity contribution is 5.77. The summed E-state index contributed by atoms with van der Waals surface area (Å²) in [6, 6.07) is 0. The quantitative estimate of drug-likeness (QED) is 0.666. The molecule has 0 aromatic heterocycles. The molecule has 4 fully saturated rings. The minimum absolute atomic E-state index is 0.0256. The Hall–Kier alpha value is -0.990. The van der Waals surface area contributed by atoms with Gasteiger partial charge in [0, 0.05) is 5.41 Å². The summed E-state index contributed by atoms with van der Waals surface area (Å²) >= 11 is 0. The number of carbonyl (C=O) groups excluding carboxylic acids is 1. The third-order valence-electron chi connectivity index (χ3n) is 9.48. The molecule has 1 aliphatic heterocycles. The van der Waals surface area contributed by atoms with Crippen molar-refractivity contribution in [1.82, 2.24) is 0 Å². The van der Waals surface area contributed by atoms with Crippen molar-refractivity contribution in [2.24, 2.45) is 33.5 Å². The molecule has 3 heteroatoms. The van der Waals surface area contributed by atoms with Gasteiger partial charge in [-0.15, -0.1) is 0 Å². The van der Waals surface area contributed by atoms with Gasteiger partial charge in [0.25, 0.3) is 0 Å². The summed E-state index contributed by atoms with van der Waals surface area (Å²) in [4.78, 5) is 12.7. The van der Waals surface area contributed by atoms with Crippen LogP contribution in [-0.4, -0.2) is 19.2 Å². The molecule has 5 aliphatic rings. The molecule has 0 aromatic rings. The summed E-state index contributed by atoms with van der Waals surface area (Å²) in [5.41, 5.74) is 0.768. The Bertz CT molecular complexity index is 627. The van der Waals surface area contributed by atoms with Crippen LogP contribution < -0.4 is 0 Å². The van der Waals surface area contributed by atoms with Crippen molar-refractivity contribution >= 4 is 5.97 Å². The number of ether oxygens (including phenoxy) is 2. The monoisotopic (exact) mass is 330 g/mol. The molecular formula is C21H30O3. The highest BCUT2D eigenvalue weighted by Crippen LogP contribution is 2.81. The lowest BCUT2D eigenvalue weighted by Crippen LogP contribution is -2.66. The van der Waals surface area contributed by atoms with Crippen molar-refractivity contribution in [3.63, 3.8) is 0 Å². The van der Waals surface area contributed by atoms with Crippen molar-refractivity contribution in [3.05, 3.63) is 12.3 Å². The average Bonchev–Trinajstić information content (AvgIpc) is 3.03. The Balaban J connectivity index is 1.55. The summed E-state index contributed by atoms with van der Waals surface area (Å²) in [6.07, 6.45) is 14.6. The van der Waals surface area contributed by atoms with E-state index in [1.54, 1.807) is 7.11 Å². The number of hydrogen-bond acceptors (Lipinski definition) is 3. The lowest BCUT2D eigenvalue weighted by Gasteiger charge is -2.68. The van der Waals surface area contributed by atoms with Gasteiger partial charge in [-0.2, -0.15) is 0 Å². The molecule has 0 unspecified atom stereocenters. The molecule has 7 atom stereocenters. The van der Waals surface area contributed by atoms with Gasteiger partial charge < -0.3 is 9.47 Å². The van der Waals surface area contributed by atoms with Crippen LogP contribution in [0.2, 0.25) is 0 Å². The molecule has 4 saturated carbocycles. The third kappa shape index (κ3) is 1.38. The molecule has 24 heavy (non-hydrogen) atoms. The molecule has 1 heterocycles. The van der Waals surface area contributed by atoms with Crippen LogP contribution in [-0.2, 0) is 14.3 Å². The van der Waals surface area contributed by atoms with Gasteiger partial charge in [0.15, 0.2) is 0 Å². The maximum Gasteiger partial charge on any atom is 0.311 e. The van der Waals surface area contributed by atoms with Gasteiger partial charge in [-0.1, -0.05) is 13.3 Å². The van der Waals surface area contributed by atoms with Crippen molar-refractivity contribution in [1.29, 1.82) is 0 Å². The second kappa shape index (κ2) is 4.40. The molecular weight excluding hydrogens is 300 g/mol. The van der Waals surface area contributed by atoms with Crippen LogP contribution in [0.5, 0.6) is 0 Å². The number of rotatable bonds is 1. The van der Waals surface area contributed by atoms with Gasteiger partial charge in [-0.3, -0.25) is 4.79 Å². The SMILES string of the molecule is COC(=O)[C@@]1(C)CCC[C@]2(C)[C@H]3CC[C@@]45C=CO[C@@H]4C[C@@]35CC[C@H]21. The largest absolute Gasteiger partial charge is 0.497 e. The fraction of sp³-hybridized carbons (Fsp3) is 0.857.